The Kier molecular flexibility index (Phi) is 12.9. The number of carbonyl (C=O) groups is 2. The molecule has 0 spiro atoms. The molecule has 1 amide bonds. The molecule has 4 unspecified atom stereocenters. The van der Waals surface area contributed by atoms with Gasteiger partial charge >= 0.3 is 0 Å². The lowest BCUT2D eigenvalue weighted by Crippen LogP contribution is -2.43. The van der Waals surface area contributed by atoms with E-state index in [0.717, 1.165) is 38.4 Å². The SMILES string of the molecule is CCCC(NC(=O)CC)C(C=O)C(CCCO)CCC(C)OC. The van der Waals surface area contributed by atoms with Crippen LogP contribution in [0.5, 0.6) is 0 Å². The highest BCUT2D eigenvalue weighted by Gasteiger charge is 2.29. The minimum Gasteiger partial charge on any atom is -0.396 e. The average Bonchev–Trinajstić information content (AvgIpc) is 2.56. The summed E-state index contributed by atoms with van der Waals surface area (Å²) < 4.78 is 5.30. The first-order valence-electron chi connectivity index (χ1n) is 8.92. The second-order valence-electron chi connectivity index (χ2n) is 6.28. The minimum atomic E-state index is -0.207. The molecule has 0 aliphatic rings. The Morgan fingerprint density at radius 1 is 1.22 bits per heavy atom. The van der Waals surface area contributed by atoms with Gasteiger partial charge in [0.05, 0.1) is 6.10 Å². The van der Waals surface area contributed by atoms with Crippen LogP contribution in [0, 0.1) is 11.8 Å². The third-order valence-corrected chi connectivity index (χ3v) is 4.51. The molecule has 4 atom stereocenters. The highest BCUT2D eigenvalue weighted by molar-refractivity contribution is 5.76. The summed E-state index contributed by atoms with van der Waals surface area (Å²) in [5.41, 5.74) is 0. The van der Waals surface area contributed by atoms with Crippen molar-refractivity contribution in [1.82, 2.24) is 5.32 Å². The Balaban J connectivity index is 5.02. The number of aliphatic hydroxyl groups excluding tert-OH is 1. The fourth-order valence-corrected chi connectivity index (χ4v) is 2.96. The first kappa shape index (κ1) is 22.1. The third-order valence-electron chi connectivity index (χ3n) is 4.51. The predicted octanol–water partition coefficient (Wildman–Crippen LogP) is 2.70. The molecule has 0 fully saturated rings. The molecule has 0 aromatic heterocycles. The second kappa shape index (κ2) is 13.5. The van der Waals surface area contributed by atoms with Crippen LogP contribution in [0.3, 0.4) is 0 Å². The van der Waals surface area contributed by atoms with Crippen molar-refractivity contribution in [3.8, 4) is 0 Å². The Hall–Kier alpha value is -0.940. The maximum Gasteiger partial charge on any atom is 0.219 e. The maximum absolute atomic E-state index is 11.8. The molecule has 5 nitrogen and oxygen atoms in total. The van der Waals surface area contributed by atoms with Gasteiger partial charge < -0.3 is 20.0 Å². The number of aliphatic hydroxyl groups is 1. The molecule has 5 heteroatoms. The average molecular weight is 329 g/mol. The lowest BCUT2D eigenvalue weighted by Gasteiger charge is -2.31. The molecule has 0 aliphatic carbocycles. The molecule has 2 N–H and O–H groups in total. The normalized spacial score (nSPS) is 16.4. The highest BCUT2D eigenvalue weighted by atomic mass is 16.5. The molecule has 0 aliphatic heterocycles. The number of rotatable bonds is 14. The zero-order valence-electron chi connectivity index (χ0n) is 15.2. The first-order chi connectivity index (χ1) is 11.0. The summed E-state index contributed by atoms with van der Waals surface area (Å²) in [5.74, 6) is -0.0616. The van der Waals surface area contributed by atoms with Crippen LogP contribution in [0.2, 0.25) is 0 Å². The standard InChI is InChI=1S/C18H35NO4/c1-5-8-17(19-18(22)6-2)16(13-21)15(9-7-12-20)11-10-14(3)23-4/h13-17,20H,5-12H2,1-4H3,(H,19,22). The summed E-state index contributed by atoms with van der Waals surface area (Å²) in [6.07, 6.45) is 6.48. The number of ether oxygens (including phenoxy) is 1. The van der Waals surface area contributed by atoms with Gasteiger partial charge in [-0.25, -0.2) is 0 Å². The molecule has 0 saturated carbocycles. The van der Waals surface area contributed by atoms with Crippen molar-refractivity contribution in [2.75, 3.05) is 13.7 Å². The molecule has 0 aromatic carbocycles. The second-order valence-corrected chi connectivity index (χ2v) is 6.28. The van der Waals surface area contributed by atoms with Gasteiger partial charge in [-0.1, -0.05) is 20.3 Å². The predicted molar refractivity (Wildman–Crippen MR) is 92.2 cm³/mol. The van der Waals surface area contributed by atoms with Crippen LogP contribution in [-0.4, -0.2) is 43.2 Å². The Morgan fingerprint density at radius 2 is 1.91 bits per heavy atom. The van der Waals surface area contributed by atoms with E-state index in [1.807, 2.05) is 13.8 Å². The van der Waals surface area contributed by atoms with Crippen LogP contribution < -0.4 is 5.32 Å². The number of hydrogen-bond donors (Lipinski definition) is 2. The van der Waals surface area contributed by atoms with Gasteiger partial charge in [-0.3, -0.25) is 4.79 Å². The van der Waals surface area contributed by atoms with E-state index in [1.54, 1.807) is 7.11 Å². The number of carbonyl (C=O) groups excluding carboxylic acids is 2. The maximum atomic E-state index is 11.8. The number of aldehydes is 1. The smallest absolute Gasteiger partial charge is 0.219 e. The largest absolute Gasteiger partial charge is 0.396 e. The summed E-state index contributed by atoms with van der Waals surface area (Å²) in [6.45, 7) is 6.02. The Bertz CT molecular complexity index is 322. The molecule has 0 saturated heterocycles. The topological polar surface area (TPSA) is 75.6 Å². The van der Waals surface area contributed by atoms with E-state index in [2.05, 4.69) is 12.2 Å². The summed E-state index contributed by atoms with van der Waals surface area (Å²) in [5, 5.41) is 12.1. The van der Waals surface area contributed by atoms with Crippen LogP contribution >= 0.6 is 0 Å². The van der Waals surface area contributed by atoms with Crippen molar-refractivity contribution in [2.24, 2.45) is 11.8 Å². The number of amides is 1. The number of nitrogens with one attached hydrogen (secondary N) is 1. The molecule has 136 valence electrons. The van der Waals surface area contributed by atoms with E-state index in [1.165, 1.54) is 0 Å². The van der Waals surface area contributed by atoms with E-state index in [-0.39, 0.29) is 36.5 Å². The summed E-state index contributed by atoms with van der Waals surface area (Å²) in [6, 6.07) is -0.119. The summed E-state index contributed by atoms with van der Waals surface area (Å²) in [7, 11) is 1.69. The summed E-state index contributed by atoms with van der Waals surface area (Å²) in [4.78, 5) is 23.5. The van der Waals surface area contributed by atoms with Crippen molar-refractivity contribution in [1.29, 1.82) is 0 Å². The Morgan fingerprint density at radius 3 is 2.39 bits per heavy atom. The van der Waals surface area contributed by atoms with Gasteiger partial charge in [0.2, 0.25) is 5.91 Å². The van der Waals surface area contributed by atoms with E-state index >= 15 is 0 Å². The zero-order chi connectivity index (χ0) is 17.7. The quantitative estimate of drug-likeness (QED) is 0.480. The molecule has 0 heterocycles. The molecular formula is C18H35NO4. The molecule has 0 aromatic rings. The lowest BCUT2D eigenvalue weighted by molar-refractivity contribution is -0.123. The molecule has 23 heavy (non-hydrogen) atoms. The van der Waals surface area contributed by atoms with Crippen molar-refractivity contribution in [3.63, 3.8) is 0 Å². The zero-order valence-corrected chi connectivity index (χ0v) is 15.2. The van der Waals surface area contributed by atoms with Crippen molar-refractivity contribution in [3.05, 3.63) is 0 Å². The molecular weight excluding hydrogens is 294 g/mol. The van der Waals surface area contributed by atoms with Crippen molar-refractivity contribution in [2.45, 2.75) is 77.9 Å². The van der Waals surface area contributed by atoms with Crippen LogP contribution in [0.1, 0.15) is 65.7 Å². The van der Waals surface area contributed by atoms with E-state index in [0.29, 0.717) is 12.8 Å². The molecule has 0 radical (unpaired) electrons. The van der Waals surface area contributed by atoms with Crippen LogP contribution in [-0.2, 0) is 14.3 Å². The fraction of sp³-hybridized carbons (Fsp3) is 0.889. The van der Waals surface area contributed by atoms with Crippen LogP contribution in [0.25, 0.3) is 0 Å². The van der Waals surface area contributed by atoms with Crippen molar-refractivity contribution < 1.29 is 19.4 Å². The third kappa shape index (κ3) is 9.06. The monoisotopic (exact) mass is 329 g/mol. The first-order valence-corrected chi connectivity index (χ1v) is 8.92. The minimum absolute atomic E-state index is 0.0125. The van der Waals surface area contributed by atoms with Gasteiger partial charge in [0.1, 0.15) is 6.29 Å². The van der Waals surface area contributed by atoms with Crippen LogP contribution in [0.4, 0.5) is 0 Å². The summed E-state index contributed by atoms with van der Waals surface area (Å²) >= 11 is 0. The van der Waals surface area contributed by atoms with E-state index in [4.69, 9.17) is 9.84 Å². The van der Waals surface area contributed by atoms with Crippen LogP contribution in [0.15, 0.2) is 0 Å². The van der Waals surface area contributed by atoms with E-state index < -0.39 is 0 Å². The fourth-order valence-electron chi connectivity index (χ4n) is 2.96. The highest BCUT2D eigenvalue weighted by Crippen LogP contribution is 2.27. The Labute approximate surface area is 141 Å². The van der Waals surface area contributed by atoms with Crippen molar-refractivity contribution >= 4 is 12.2 Å². The van der Waals surface area contributed by atoms with Gasteiger partial charge in [-0.2, -0.15) is 0 Å². The molecule has 0 rings (SSSR count). The number of methoxy groups -OCH3 is 1. The molecule has 0 bridgehead atoms. The number of hydrogen-bond acceptors (Lipinski definition) is 4. The van der Waals surface area contributed by atoms with Gasteiger partial charge in [-0.05, 0) is 44.9 Å². The van der Waals surface area contributed by atoms with Gasteiger partial charge in [0.15, 0.2) is 0 Å². The van der Waals surface area contributed by atoms with Gasteiger partial charge in [-0.15, -0.1) is 0 Å². The van der Waals surface area contributed by atoms with Gasteiger partial charge in [0, 0.05) is 32.1 Å². The van der Waals surface area contributed by atoms with Gasteiger partial charge in [0.25, 0.3) is 0 Å². The lowest BCUT2D eigenvalue weighted by atomic mass is 9.79. The van der Waals surface area contributed by atoms with E-state index in [9.17, 15) is 9.59 Å².